The third-order valence-electron chi connectivity index (χ3n) is 2.74. The van der Waals surface area contributed by atoms with Gasteiger partial charge in [0.15, 0.2) is 0 Å². The number of rotatable bonds is 7. The number of alkyl halides is 3. The van der Waals surface area contributed by atoms with Crippen LogP contribution in [0.15, 0.2) is 18.2 Å². The van der Waals surface area contributed by atoms with Crippen molar-refractivity contribution in [3.63, 3.8) is 0 Å². The molecule has 3 N–H and O–H groups in total. The lowest BCUT2D eigenvalue weighted by molar-refractivity contribution is -0.138. The van der Waals surface area contributed by atoms with E-state index in [0.717, 1.165) is 12.5 Å². The maximum Gasteiger partial charge on any atom is 0.416 e. The van der Waals surface area contributed by atoms with Crippen molar-refractivity contribution in [3.05, 3.63) is 29.3 Å². The molecule has 118 valence electrons. The highest BCUT2D eigenvalue weighted by Gasteiger charge is 2.33. The maximum atomic E-state index is 12.9. The second kappa shape index (κ2) is 7.99. The Balaban J connectivity index is 2.70. The van der Waals surface area contributed by atoms with Crippen LogP contribution in [-0.2, 0) is 22.3 Å². The van der Waals surface area contributed by atoms with Crippen LogP contribution in [0.1, 0.15) is 30.9 Å². The molecular formula is C14H19F3N2O2. The summed E-state index contributed by atoms with van der Waals surface area (Å²) in [6.45, 7) is 2.52. The number of ether oxygens (including phenoxy) is 1. The van der Waals surface area contributed by atoms with Crippen molar-refractivity contribution in [1.82, 2.24) is 0 Å². The Hall–Kier alpha value is -1.60. The summed E-state index contributed by atoms with van der Waals surface area (Å²) in [7, 11) is 0. The number of halogens is 3. The number of nitrogens with two attached hydrogens (primary N) is 1. The van der Waals surface area contributed by atoms with Crippen molar-refractivity contribution in [1.29, 1.82) is 0 Å². The first-order chi connectivity index (χ1) is 9.88. The topological polar surface area (TPSA) is 64.3 Å². The SMILES string of the molecule is CCCOCCC(=O)Nc1ccc(CN)c(C(F)(F)F)c1. The van der Waals surface area contributed by atoms with E-state index in [1.807, 2.05) is 6.92 Å². The third-order valence-corrected chi connectivity index (χ3v) is 2.74. The summed E-state index contributed by atoms with van der Waals surface area (Å²) in [6.07, 6.45) is -3.56. The van der Waals surface area contributed by atoms with E-state index in [1.165, 1.54) is 12.1 Å². The summed E-state index contributed by atoms with van der Waals surface area (Å²) >= 11 is 0. The van der Waals surface area contributed by atoms with Gasteiger partial charge < -0.3 is 15.8 Å². The van der Waals surface area contributed by atoms with Gasteiger partial charge in [-0.3, -0.25) is 4.79 Å². The zero-order valence-electron chi connectivity index (χ0n) is 11.8. The lowest BCUT2D eigenvalue weighted by Crippen LogP contribution is -2.16. The van der Waals surface area contributed by atoms with Gasteiger partial charge in [0.25, 0.3) is 0 Å². The fraction of sp³-hybridized carbons (Fsp3) is 0.500. The van der Waals surface area contributed by atoms with Crippen molar-refractivity contribution >= 4 is 11.6 Å². The number of benzene rings is 1. The first-order valence-corrected chi connectivity index (χ1v) is 6.66. The smallest absolute Gasteiger partial charge is 0.381 e. The zero-order chi connectivity index (χ0) is 15.9. The molecule has 0 fully saturated rings. The van der Waals surface area contributed by atoms with Gasteiger partial charge in [-0.1, -0.05) is 13.0 Å². The molecule has 0 saturated carbocycles. The van der Waals surface area contributed by atoms with E-state index >= 15 is 0 Å². The summed E-state index contributed by atoms with van der Waals surface area (Å²) in [5.74, 6) is -0.389. The predicted molar refractivity (Wildman–Crippen MR) is 73.7 cm³/mol. The van der Waals surface area contributed by atoms with Gasteiger partial charge in [0.2, 0.25) is 5.91 Å². The normalized spacial score (nSPS) is 11.5. The molecule has 0 unspecified atom stereocenters. The number of nitrogens with one attached hydrogen (secondary N) is 1. The first kappa shape index (κ1) is 17.5. The van der Waals surface area contributed by atoms with Gasteiger partial charge in [-0.05, 0) is 24.1 Å². The molecule has 0 aliphatic heterocycles. The highest BCUT2D eigenvalue weighted by Crippen LogP contribution is 2.33. The van der Waals surface area contributed by atoms with Crippen LogP contribution < -0.4 is 11.1 Å². The van der Waals surface area contributed by atoms with Gasteiger partial charge in [0, 0.05) is 18.8 Å². The molecule has 0 atom stereocenters. The Kier molecular flexibility index (Phi) is 6.64. The van der Waals surface area contributed by atoms with E-state index in [9.17, 15) is 18.0 Å². The van der Waals surface area contributed by atoms with E-state index in [0.29, 0.717) is 6.61 Å². The predicted octanol–water partition coefficient (Wildman–Crippen LogP) is 2.92. The molecule has 0 aromatic heterocycles. The average molecular weight is 304 g/mol. The lowest BCUT2D eigenvalue weighted by atomic mass is 10.1. The van der Waals surface area contributed by atoms with Gasteiger partial charge in [-0.25, -0.2) is 0 Å². The minimum absolute atomic E-state index is 0.00761. The fourth-order valence-corrected chi connectivity index (χ4v) is 1.73. The van der Waals surface area contributed by atoms with E-state index < -0.39 is 11.7 Å². The number of amides is 1. The summed E-state index contributed by atoms with van der Waals surface area (Å²) < 4.78 is 43.7. The summed E-state index contributed by atoms with van der Waals surface area (Å²) in [6, 6.07) is 3.57. The molecule has 4 nitrogen and oxygen atoms in total. The van der Waals surface area contributed by atoms with Gasteiger partial charge >= 0.3 is 6.18 Å². The quantitative estimate of drug-likeness (QED) is 0.761. The van der Waals surface area contributed by atoms with Gasteiger partial charge in [0.05, 0.1) is 18.6 Å². The van der Waals surface area contributed by atoms with Gasteiger partial charge in [-0.2, -0.15) is 13.2 Å². The molecule has 0 aliphatic rings. The van der Waals surface area contributed by atoms with Gasteiger partial charge in [-0.15, -0.1) is 0 Å². The molecule has 21 heavy (non-hydrogen) atoms. The van der Waals surface area contributed by atoms with Crippen LogP contribution in [0.5, 0.6) is 0 Å². The summed E-state index contributed by atoms with van der Waals surface area (Å²) in [4.78, 5) is 11.6. The minimum atomic E-state index is -4.50. The number of carbonyl (C=O) groups excluding carboxylic acids is 1. The molecule has 0 saturated heterocycles. The molecular weight excluding hydrogens is 285 g/mol. The van der Waals surface area contributed by atoms with Crippen LogP contribution in [0.4, 0.5) is 18.9 Å². The lowest BCUT2D eigenvalue weighted by Gasteiger charge is -2.14. The van der Waals surface area contributed by atoms with Crippen molar-refractivity contribution < 1.29 is 22.7 Å². The Morgan fingerprint density at radius 2 is 2.05 bits per heavy atom. The van der Waals surface area contributed by atoms with Crippen molar-refractivity contribution in [3.8, 4) is 0 Å². The molecule has 0 aliphatic carbocycles. The molecule has 0 heterocycles. The Bertz CT molecular complexity index is 476. The molecule has 0 bridgehead atoms. The summed E-state index contributed by atoms with van der Waals surface area (Å²) in [5, 5.41) is 2.42. The monoisotopic (exact) mass is 304 g/mol. The zero-order valence-corrected chi connectivity index (χ0v) is 11.8. The fourth-order valence-electron chi connectivity index (χ4n) is 1.73. The number of hydrogen-bond donors (Lipinski definition) is 2. The minimum Gasteiger partial charge on any atom is -0.381 e. The van der Waals surface area contributed by atoms with Crippen LogP contribution in [0.25, 0.3) is 0 Å². The van der Waals surface area contributed by atoms with E-state index in [1.54, 1.807) is 0 Å². The molecule has 0 spiro atoms. The maximum absolute atomic E-state index is 12.9. The van der Waals surface area contributed by atoms with Crippen LogP contribution in [0.2, 0.25) is 0 Å². The van der Waals surface area contributed by atoms with Crippen LogP contribution in [-0.4, -0.2) is 19.1 Å². The number of anilines is 1. The van der Waals surface area contributed by atoms with Crippen molar-refractivity contribution in [2.24, 2.45) is 5.73 Å². The second-order valence-corrected chi connectivity index (χ2v) is 4.48. The van der Waals surface area contributed by atoms with E-state index in [2.05, 4.69) is 5.32 Å². The Labute approximate surface area is 121 Å². The van der Waals surface area contributed by atoms with Crippen LogP contribution in [0.3, 0.4) is 0 Å². The number of carbonyl (C=O) groups is 1. The van der Waals surface area contributed by atoms with E-state index in [4.69, 9.17) is 10.5 Å². The van der Waals surface area contributed by atoms with Crippen LogP contribution >= 0.6 is 0 Å². The third kappa shape index (κ3) is 5.73. The molecule has 1 rings (SSSR count). The Morgan fingerprint density at radius 3 is 2.62 bits per heavy atom. The van der Waals surface area contributed by atoms with Crippen molar-refractivity contribution in [2.45, 2.75) is 32.5 Å². The van der Waals surface area contributed by atoms with Crippen LogP contribution in [0, 0.1) is 0 Å². The molecule has 1 amide bonds. The first-order valence-electron chi connectivity index (χ1n) is 6.66. The van der Waals surface area contributed by atoms with E-state index in [-0.39, 0.29) is 36.7 Å². The average Bonchev–Trinajstić information content (AvgIpc) is 2.42. The largest absolute Gasteiger partial charge is 0.416 e. The van der Waals surface area contributed by atoms with Crippen molar-refractivity contribution in [2.75, 3.05) is 18.5 Å². The molecule has 1 aromatic rings. The van der Waals surface area contributed by atoms with Gasteiger partial charge in [0.1, 0.15) is 0 Å². The Morgan fingerprint density at radius 1 is 1.33 bits per heavy atom. The second-order valence-electron chi connectivity index (χ2n) is 4.48. The highest BCUT2D eigenvalue weighted by molar-refractivity contribution is 5.90. The number of hydrogen-bond acceptors (Lipinski definition) is 3. The molecule has 0 radical (unpaired) electrons. The molecule has 7 heteroatoms. The summed E-state index contributed by atoms with van der Waals surface area (Å²) in [5.41, 5.74) is 4.55. The molecule has 1 aromatic carbocycles. The standard InChI is InChI=1S/C14H19F3N2O2/c1-2-6-21-7-5-13(20)19-11-4-3-10(9-18)12(8-11)14(15,16)17/h3-4,8H,2,5-7,9,18H2,1H3,(H,19,20). The highest BCUT2D eigenvalue weighted by atomic mass is 19.4.